The number of hydrogen-bond acceptors (Lipinski definition) is 2. The Morgan fingerprint density at radius 2 is 1.90 bits per heavy atom. The molecular weight excluding hydrogens is 267 g/mol. The summed E-state index contributed by atoms with van der Waals surface area (Å²) in [6.07, 6.45) is -0.162. The third-order valence-electron chi connectivity index (χ3n) is 3.53. The molecule has 1 N–H and O–H groups in total. The maximum atomic E-state index is 12.1. The van der Waals surface area contributed by atoms with Crippen molar-refractivity contribution >= 4 is 0 Å². The topological polar surface area (TPSA) is 21.3 Å². The van der Waals surface area contributed by atoms with Crippen LogP contribution in [0.5, 0.6) is 5.75 Å². The van der Waals surface area contributed by atoms with Gasteiger partial charge in [0.25, 0.3) is 0 Å². The SMILES string of the molecule is CCC(CNC1CC1)Cc1ccc(OC(F)(F)F)cc1. The number of hydrogen-bond donors (Lipinski definition) is 1. The highest BCUT2D eigenvalue weighted by molar-refractivity contribution is 5.27. The molecule has 5 heteroatoms. The van der Waals surface area contributed by atoms with Crippen LogP contribution in [0.2, 0.25) is 0 Å². The Bertz CT molecular complexity index is 412. The average molecular weight is 287 g/mol. The van der Waals surface area contributed by atoms with Gasteiger partial charge in [-0.3, -0.25) is 0 Å². The van der Waals surface area contributed by atoms with Crippen molar-refractivity contribution in [3.63, 3.8) is 0 Å². The van der Waals surface area contributed by atoms with Crippen LogP contribution in [0.15, 0.2) is 24.3 Å². The molecule has 1 aromatic rings. The summed E-state index contributed by atoms with van der Waals surface area (Å²) in [6.45, 7) is 3.11. The zero-order chi connectivity index (χ0) is 14.6. The second-order valence-corrected chi connectivity index (χ2v) is 5.35. The maximum absolute atomic E-state index is 12.1. The molecule has 0 bridgehead atoms. The normalized spacial score (nSPS) is 17.0. The molecule has 1 atom stereocenters. The Morgan fingerprint density at radius 1 is 1.25 bits per heavy atom. The van der Waals surface area contributed by atoms with Gasteiger partial charge in [0, 0.05) is 6.04 Å². The summed E-state index contributed by atoms with van der Waals surface area (Å²) < 4.78 is 40.0. The fourth-order valence-corrected chi connectivity index (χ4v) is 2.14. The van der Waals surface area contributed by atoms with Gasteiger partial charge in [-0.05, 0) is 49.4 Å². The lowest BCUT2D eigenvalue weighted by molar-refractivity contribution is -0.274. The van der Waals surface area contributed by atoms with Crippen LogP contribution in [0, 0.1) is 5.92 Å². The molecule has 2 rings (SSSR count). The van der Waals surface area contributed by atoms with Gasteiger partial charge in [0.1, 0.15) is 5.75 Å². The van der Waals surface area contributed by atoms with Crippen LogP contribution < -0.4 is 10.1 Å². The van der Waals surface area contributed by atoms with E-state index in [0.717, 1.165) is 24.9 Å². The van der Waals surface area contributed by atoms with E-state index in [2.05, 4.69) is 17.0 Å². The van der Waals surface area contributed by atoms with E-state index >= 15 is 0 Å². The highest BCUT2D eigenvalue weighted by Crippen LogP contribution is 2.24. The molecule has 0 spiro atoms. The standard InChI is InChI=1S/C15H20F3NO/c1-2-11(10-19-13-5-6-13)9-12-3-7-14(8-4-12)20-15(16,17)18/h3-4,7-8,11,13,19H,2,5-6,9-10H2,1H3. The van der Waals surface area contributed by atoms with E-state index in [-0.39, 0.29) is 5.75 Å². The Morgan fingerprint density at radius 3 is 2.40 bits per heavy atom. The van der Waals surface area contributed by atoms with E-state index in [9.17, 15) is 13.2 Å². The molecule has 112 valence electrons. The third-order valence-corrected chi connectivity index (χ3v) is 3.53. The molecule has 0 aliphatic heterocycles. The monoisotopic (exact) mass is 287 g/mol. The molecule has 1 fully saturated rings. The van der Waals surface area contributed by atoms with Gasteiger partial charge in [-0.1, -0.05) is 25.5 Å². The summed E-state index contributed by atoms with van der Waals surface area (Å²) in [7, 11) is 0. The van der Waals surface area contributed by atoms with Crippen molar-refractivity contribution in [3.8, 4) is 5.75 Å². The number of ether oxygens (including phenoxy) is 1. The maximum Gasteiger partial charge on any atom is 0.573 e. The van der Waals surface area contributed by atoms with Gasteiger partial charge < -0.3 is 10.1 Å². The first-order valence-electron chi connectivity index (χ1n) is 7.04. The minimum absolute atomic E-state index is 0.162. The number of nitrogens with one attached hydrogen (secondary N) is 1. The zero-order valence-corrected chi connectivity index (χ0v) is 11.5. The second kappa shape index (κ2) is 6.48. The van der Waals surface area contributed by atoms with Gasteiger partial charge >= 0.3 is 6.36 Å². The molecule has 0 heterocycles. The Hall–Kier alpha value is -1.23. The van der Waals surface area contributed by atoms with Crippen molar-refractivity contribution in [2.75, 3.05) is 6.54 Å². The summed E-state index contributed by atoms with van der Waals surface area (Å²) >= 11 is 0. The quantitative estimate of drug-likeness (QED) is 0.821. The molecule has 20 heavy (non-hydrogen) atoms. The van der Waals surface area contributed by atoms with Crippen LogP contribution in [0.25, 0.3) is 0 Å². The Labute approximate surface area is 117 Å². The summed E-state index contributed by atoms with van der Waals surface area (Å²) in [5.74, 6) is 0.357. The Kier molecular flexibility index (Phi) is 4.91. The van der Waals surface area contributed by atoms with Crippen molar-refractivity contribution in [1.29, 1.82) is 0 Å². The summed E-state index contributed by atoms with van der Waals surface area (Å²) in [5, 5.41) is 3.50. The highest BCUT2D eigenvalue weighted by atomic mass is 19.4. The van der Waals surface area contributed by atoms with E-state index in [1.54, 1.807) is 12.1 Å². The van der Waals surface area contributed by atoms with Gasteiger partial charge in [0.05, 0.1) is 0 Å². The van der Waals surface area contributed by atoms with Crippen LogP contribution in [0.1, 0.15) is 31.7 Å². The number of halogens is 3. The van der Waals surface area contributed by atoms with Gasteiger partial charge in [0.2, 0.25) is 0 Å². The minimum Gasteiger partial charge on any atom is -0.406 e. The van der Waals surface area contributed by atoms with E-state index in [1.165, 1.54) is 25.0 Å². The van der Waals surface area contributed by atoms with Crippen LogP contribution in [0.4, 0.5) is 13.2 Å². The van der Waals surface area contributed by atoms with Crippen molar-refractivity contribution < 1.29 is 17.9 Å². The van der Waals surface area contributed by atoms with Crippen LogP contribution in [-0.2, 0) is 6.42 Å². The van der Waals surface area contributed by atoms with Crippen LogP contribution in [-0.4, -0.2) is 18.9 Å². The van der Waals surface area contributed by atoms with Crippen molar-refractivity contribution in [3.05, 3.63) is 29.8 Å². The first-order chi connectivity index (χ1) is 9.46. The van der Waals surface area contributed by atoms with Crippen molar-refractivity contribution in [2.45, 2.75) is 45.0 Å². The van der Waals surface area contributed by atoms with Gasteiger partial charge in [-0.25, -0.2) is 0 Å². The third kappa shape index (κ3) is 5.41. The van der Waals surface area contributed by atoms with Crippen molar-refractivity contribution in [1.82, 2.24) is 5.32 Å². The van der Waals surface area contributed by atoms with Crippen LogP contribution >= 0.6 is 0 Å². The molecule has 1 aliphatic carbocycles. The van der Waals surface area contributed by atoms with E-state index in [4.69, 9.17) is 0 Å². The van der Waals surface area contributed by atoms with Crippen molar-refractivity contribution in [2.24, 2.45) is 5.92 Å². The lowest BCUT2D eigenvalue weighted by atomic mass is 9.97. The first-order valence-corrected chi connectivity index (χ1v) is 7.04. The Balaban J connectivity index is 1.84. The zero-order valence-electron chi connectivity index (χ0n) is 11.5. The van der Waals surface area contributed by atoms with Gasteiger partial charge in [-0.15, -0.1) is 13.2 Å². The molecule has 0 aromatic heterocycles. The predicted molar refractivity (Wildman–Crippen MR) is 71.6 cm³/mol. The lowest BCUT2D eigenvalue weighted by Gasteiger charge is -2.16. The second-order valence-electron chi connectivity index (χ2n) is 5.35. The molecule has 0 saturated heterocycles. The molecule has 0 radical (unpaired) electrons. The molecule has 2 nitrogen and oxygen atoms in total. The summed E-state index contributed by atoms with van der Waals surface area (Å²) in [4.78, 5) is 0. The molecule has 1 aromatic carbocycles. The van der Waals surface area contributed by atoms with E-state index in [0.29, 0.717) is 12.0 Å². The smallest absolute Gasteiger partial charge is 0.406 e. The lowest BCUT2D eigenvalue weighted by Crippen LogP contribution is -2.25. The van der Waals surface area contributed by atoms with Gasteiger partial charge in [-0.2, -0.15) is 0 Å². The molecule has 1 aliphatic rings. The predicted octanol–water partition coefficient (Wildman–Crippen LogP) is 3.91. The minimum atomic E-state index is -4.62. The number of alkyl halides is 3. The van der Waals surface area contributed by atoms with E-state index in [1.807, 2.05) is 0 Å². The van der Waals surface area contributed by atoms with Crippen LogP contribution in [0.3, 0.4) is 0 Å². The molecule has 0 amide bonds. The summed E-state index contributed by atoms with van der Waals surface area (Å²) in [6, 6.07) is 6.86. The van der Waals surface area contributed by atoms with E-state index < -0.39 is 6.36 Å². The molecular formula is C15H20F3NO. The number of rotatable bonds is 7. The largest absolute Gasteiger partial charge is 0.573 e. The molecule has 1 unspecified atom stereocenters. The average Bonchev–Trinajstić information content (AvgIpc) is 3.19. The first kappa shape index (κ1) is 15.2. The fourth-order valence-electron chi connectivity index (χ4n) is 2.14. The fraction of sp³-hybridized carbons (Fsp3) is 0.600. The van der Waals surface area contributed by atoms with Gasteiger partial charge in [0.15, 0.2) is 0 Å². The summed E-state index contributed by atoms with van der Waals surface area (Å²) in [5.41, 5.74) is 1.05. The molecule has 1 saturated carbocycles. The highest BCUT2D eigenvalue weighted by Gasteiger charge is 2.31. The number of benzene rings is 1.